The maximum atomic E-state index is 13.5. The lowest BCUT2D eigenvalue weighted by Crippen LogP contribution is -2.34. The molecule has 1 aliphatic rings. The molecule has 4 nitrogen and oxygen atoms in total. The quantitative estimate of drug-likeness (QED) is 0.672. The van der Waals surface area contributed by atoms with Gasteiger partial charge in [0.2, 0.25) is 0 Å². The summed E-state index contributed by atoms with van der Waals surface area (Å²) in [6.07, 6.45) is 7.62. The van der Waals surface area contributed by atoms with Gasteiger partial charge in [-0.3, -0.25) is 9.20 Å². The first kappa shape index (κ1) is 16.3. The molecule has 25 heavy (non-hydrogen) atoms. The van der Waals surface area contributed by atoms with Crippen molar-refractivity contribution in [2.75, 3.05) is 13.1 Å². The number of fused-ring (bicyclic) bond motifs is 1. The fourth-order valence-electron chi connectivity index (χ4n) is 3.34. The van der Waals surface area contributed by atoms with Crippen LogP contribution in [0.25, 0.3) is 16.2 Å². The molecule has 0 unspecified atom stereocenters. The number of thiazole rings is 1. The van der Waals surface area contributed by atoms with Gasteiger partial charge in [-0.2, -0.15) is 0 Å². The molecule has 0 spiro atoms. The Bertz CT molecular complexity index is 893. The van der Waals surface area contributed by atoms with E-state index in [1.807, 2.05) is 26.9 Å². The van der Waals surface area contributed by atoms with E-state index in [1.165, 1.54) is 42.7 Å². The second kappa shape index (κ2) is 6.96. The van der Waals surface area contributed by atoms with Crippen molar-refractivity contribution in [1.29, 1.82) is 0 Å². The number of carbonyl (C=O) groups is 1. The molecule has 0 saturated carbocycles. The van der Waals surface area contributed by atoms with Gasteiger partial charge in [-0.05, 0) is 25.0 Å². The number of rotatable bonds is 2. The maximum absolute atomic E-state index is 13.5. The van der Waals surface area contributed by atoms with Crippen LogP contribution in [-0.4, -0.2) is 33.3 Å². The van der Waals surface area contributed by atoms with E-state index < -0.39 is 0 Å². The van der Waals surface area contributed by atoms with E-state index >= 15 is 0 Å². The van der Waals surface area contributed by atoms with Crippen LogP contribution < -0.4 is 0 Å². The summed E-state index contributed by atoms with van der Waals surface area (Å²) in [6.45, 7) is 1.64. The van der Waals surface area contributed by atoms with Crippen LogP contribution in [0.5, 0.6) is 0 Å². The zero-order valence-corrected chi connectivity index (χ0v) is 14.8. The summed E-state index contributed by atoms with van der Waals surface area (Å²) < 4.78 is 15.3. The Labute approximate surface area is 149 Å². The molecule has 3 heterocycles. The van der Waals surface area contributed by atoms with E-state index in [9.17, 15) is 9.18 Å². The first-order chi connectivity index (χ1) is 12.2. The average Bonchev–Trinajstić information content (AvgIpc) is 3.14. The Morgan fingerprint density at radius 3 is 2.64 bits per heavy atom. The van der Waals surface area contributed by atoms with Crippen LogP contribution in [0.3, 0.4) is 0 Å². The monoisotopic (exact) mass is 357 g/mol. The molecule has 0 aliphatic carbocycles. The van der Waals surface area contributed by atoms with Gasteiger partial charge in [-0.25, -0.2) is 9.37 Å². The normalized spacial score (nSPS) is 16.0. The van der Waals surface area contributed by atoms with Gasteiger partial charge >= 0.3 is 0 Å². The Kier molecular flexibility index (Phi) is 4.53. The molecule has 0 bridgehead atoms. The number of aromatic nitrogens is 2. The van der Waals surface area contributed by atoms with Crippen molar-refractivity contribution >= 4 is 22.2 Å². The van der Waals surface area contributed by atoms with E-state index in [1.54, 1.807) is 6.07 Å². The van der Waals surface area contributed by atoms with Gasteiger partial charge in [-0.15, -0.1) is 11.3 Å². The molecular formula is C19H20FN3OS. The van der Waals surface area contributed by atoms with Crippen molar-refractivity contribution < 1.29 is 9.18 Å². The lowest BCUT2D eigenvalue weighted by molar-refractivity contribution is 0.0736. The SMILES string of the molecule is O=C(c1csc2nc(-c3cccc(F)c3)cn12)N1CCCCCCC1. The zero-order chi connectivity index (χ0) is 17.2. The summed E-state index contributed by atoms with van der Waals surface area (Å²) in [5.74, 6) is -0.220. The molecule has 1 saturated heterocycles. The van der Waals surface area contributed by atoms with Gasteiger partial charge in [0.1, 0.15) is 11.5 Å². The Morgan fingerprint density at radius 2 is 1.88 bits per heavy atom. The van der Waals surface area contributed by atoms with Gasteiger partial charge in [0.25, 0.3) is 5.91 Å². The van der Waals surface area contributed by atoms with E-state index in [0.717, 1.165) is 36.5 Å². The number of halogens is 1. The van der Waals surface area contributed by atoms with Crippen molar-refractivity contribution in [3.63, 3.8) is 0 Å². The molecule has 0 atom stereocenters. The van der Waals surface area contributed by atoms with E-state index in [-0.39, 0.29) is 11.7 Å². The zero-order valence-electron chi connectivity index (χ0n) is 13.9. The van der Waals surface area contributed by atoms with Crippen molar-refractivity contribution in [3.8, 4) is 11.3 Å². The van der Waals surface area contributed by atoms with Gasteiger partial charge < -0.3 is 4.90 Å². The van der Waals surface area contributed by atoms with E-state index in [4.69, 9.17) is 0 Å². The van der Waals surface area contributed by atoms with Crippen LogP contribution in [0.2, 0.25) is 0 Å². The second-order valence-corrected chi connectivity index (χ2v) is 7.31. The lowest BCUT2D eigenvalue weighted by atomic mass is 10.1. The second-order valence-electron chi connectivity index (χ2n) is 6.47. The molecular weight excluding hydrogens is 337 g/mol. The Morgan fingerprint density at radius 1 is 1.12 bits per heavy atom. The van der Waals surface area contributed by atoms with Gasteiger partial charge in [0.15, 0.2) is 4.96 Å². The third-order valence-corrected chi connectivity index (χ3v) is 5.53. The molecule has 4 rings (SSSR count). The topological polar surface area (TPSA) is 37.6 Å². The molecule has 1 aliphatic heterocycles. The minimum atomic E-state index is -0.286. The number of hydrogen-bond acceptors (Lipinski definition) is 3. The van der Waals surface area contributed by atoms with Crippen molar-refractivity contribution in [1.82, 2.24) is 14.3 Å². The predicted octanol–water partition coefficient (Wildman–Crippen LogP) is 4.61. The molecule has 2 aromatic heterocycles. The third-order valence-electron chi connectivity index (χ3n) is 4.69. The van der Waals surface area contributed by atoms with Crippen molar-refractivity contribution in [3.05, 3.63) is 47.4 Å². The highest BCUT2D eigenvalue weighted by Gasteiger charge is 2.21. The summed E-state index contributed by atoms with van der Waals surface area (Å²) in [4.78, 5) is 20.2. The molecule has 6 heteroatoms. The number of hydrogen-bond donors (Lipinski definition) is 0. The molecule has 0 radical (unpaired) electrons. The molecule has 130 valence electrons. The Hall–Kier alpha value is -2.21. The van der Waals surface area contributed by atoms with Crippen LogP contribution in [0, 0.1) is 5.82 Å². The van der Waals surface area contributed by atoms with Crippen LogP contribution in [0.4, 0.5) is 4.39 Å². The fourth-order valence-corrected chi connectivity index (χ4v) is 4.18. The minimum Gasteiger partial charge on any atom is -0.337 e. The van der Waals surface area contributed by atoms with Gasteiger partial charge in [0.05, 0.1) is 5.69 Å². The lowest BCUT2D eigenvalue weighted by Gasteiger charge is -2.24. The third kappa shape index (κ3) is 3.31. The average molecular weight is 357 g/mol. The van der Waals surface area contributed by atoms with Crippen molar-refractivity contribution in [2.45, 2.75) is 32.1 Å². The number of nitrogens with zero attached hydrogens (tertiary/aromatic N) is 3. The van der Waals surface area contributed by atoms with E-state index in [0.29, 0.717) is 11.4 Å². The van der Waals surface area contributed by atoms with Crippen LogP contribution in [-0.2, 0) is 0 Å². The number of amides is 1. The fraction of sp³-hybridized carbons (Fsp3) is 0.368. The summed E-state index contributed by atoms with van der Waals surface area (Å²) >= 11 is 1.45. The maximum Gasteiger partial charge on any atom is 0.271 e. The number of carbonyl (C=O) groups excluding carboxylic acids is 1. The molecule has 3 aromatic rings. The minimum absolute atomic E-state index is 0.0661. The van der Waals surface area contributed by atoms with Gasteiger partial charge in [0, 0.05) is 30.2 Å². The highest BCUT2D eigenvalue weighted by atomic mass is 32.1. The smallest absolute Gasteiger partial charge is 0.271 e. The number of likely N-dealkylation sites (tertiary alicyclic amines) is 1. The first-order valence-electron chi connectivity index (χ1n) is 8.74. The number of benzene rings is 1. The van der Waals surface area contributed by atoms with Crippen molar-refractivity contribution in [2.24, 2.45) is 0 Å². The summed E-state index contributed by atoms with van der Waals surface area (Å²) in [5.41, 5.74) is 2.06. The summed E-state index contributed by atoms with van der Waals surface area (Å²) in [5, 5.41) is 1.87. The molecule has 1 amide bonds. The van der Waals surface area contributed by atoms with E-state index in [2.05, 4.69) is 4.98 Å². The van der Waals surface area contributed by atoms with Crippen LogP contribution >= 0.6 is 11.3 Å². The highest BCUT2D eigenvalue weighted by molar-refractivity contribution is 7.15. The van der Waals surface area contributed by atoms with Gasteiger partial charge in [-0.1, -0.05) is 31.4 Å². The summed E-state index contributed by atoms with van der Waals surface area (Å²) in [7, 11) is 0. The summed E-state index contributed by atoms with van der Waals surface area (Å²) in [6, 6.07) is 6.38. The molecule has 1 fully saturated rings. The molecule has 1 aromatic carbocycles. The highest BCUT2D eigenvalue weighted by Crippen LogP contribution is 2.25. The Balaban J connectivity index is 1.64. The first-order valence-corrected chi connectivity index (χ1v) is 9.62. The predicted molar refractivity (Wildman–Crippen MR) is 97.5 cm³/mol. The van der Waals surface area contributed by atoms with Crippen LogP contribution in [0.1, 0.15) is 42.6 Å². The number of imidazole rings is 1. The molecule has 0 N–H and O–H groups in total. The largest absolute Gasteiger partial charge is 0.337 e. The van der Waals surface area contributed by atoms with Crippen LogP contribution in [0.15, 0.2) is 35.8 Å². The standard InChI is InChI=1S/C19H20FN3OS/c20-15-8-6-7-14(11-15)16-12-23-17(13-25-19(23)21-16)18(24)22-9-4-2-1-3-5-10-22/h6-8,11-13H,1-5,9-10H2.